The molecule has 1 N–H and O–H groups in total. The first-order chi connectivity index (χ1) is 8.70. The monoisotopic (exact) mass is 250 g/mol. The van der Waals surface area contributed by atoms with E-state index < -0.39 is 0 Å². The Labute approximate surface area is 108 Å². The number of allylic oxidation sites excluding steroid dienone is 1. The Morgan fingerprint density at radius 1 is 1.39 bits per heavy atom. The SMILES string of the molecule is C[C@]1(CO)CCC[C@@]23CO[C@H]4OCC(=CC[C@@H]12)[C@H]43. The number of aliphatic hydroxyl groups is 1. The third-order valence-electron chi connectivity index (χ3n) is 6.12. The van der Waals surface area contributed by atoms with Crippen molar-refractivity contribution in [2.45, 2.75) is 38.9 Å². The van der Waals surface area contributed by atoms with Gasteiger partial charge in [-0.3, -0.25) is 0 Å². The van der Waals surface area contributed by atoms with E-state index in [4.69, 9.17) is 9.47 Å². The minimum atomic E-state index is 0.0000860. The van der Waals surface area contributed by atoms with Gasteiger partial charge in [-0.05, 0) is 36.2 Å². The van der Waals surface area contributed by atoms with Crippen LogP contribution in [-0.2, 0) is 9.47 Å². The highest BCUT2D eigenvalue weighted by Crippen LogP contribution is 2.64. The van der Waals surface area contributed by atoms with Crippen molar-refractivity contribution in [3.63, 3.8) is 0 Å². The molecule has 1 saturated carbocycles. The Hall–Kier alpha value is -0.380. The Balaban J connectivity index is 1.81. The third kappa shape index (κ3) is 1.21. The molecule has 5 atom stereocenters. The van der Waals surface area contributed by atoms with Gasteiger partial charge in [-0.2, -0.15) is 0 Å². The van der Waals surface area contributed by atoms with Crippen LogP contribution in [0.2, 0.25) is 0 Å². The molecule has 0 bridgehead atoms. The summed E-state index contributed by atoms with van der Waals surface area (Å²) >= 11 is 0. The zero-order valence-corrected chi connectivity index (χ0v) is 11.0. The van der Waals surface area contributed by atoms with E-state index in [1.807, 2.05) is 0 Å². The van der Waals surface area contributed by atoms with Crippen molar-refractivity contribution >= 4 is 0 Å². The normalized spacial score (nSPS) is 53.9. The molecule has 0 aromatic rings. The van der Waals surface area contributed by atoms with Gasteiger partial charge in [0.2, 0.25) is 0 Å². The molecule has 2 aliphatic heterocycles. The molecule has 0 aromatic carbocycles. The predicted molar refractivity (Wildman–Crippen MR) is 66.8 cm³/mol. The smallest absolute Gasteiger partial charge is 0.165 e. The van der Waals surface area contributed by atoms with Crippen LogP contribution in [-0.4, -0.2) is 31.2 Å². The lowest BCUT2D eigenvalue weighted by atomic mass is 9.48. The molecule has 0 radical (unpaired) electrons. The maximum Gasteiger partial charge on any atom is 0.165 e. The van der Waals surface area contributed by atoms with Crippen LogP contribution in [0, 0.1) is 22.7 Å². The minimum absolute atomic E-state index is 0.0000860. The van der Waals surface area contributed by atoms with Crippen molar-refractivity contribution in [1.82, 2.24) is 0 Å². The van der Waals surface area contributed by atoms with E-state index in [0.717, 1.165) is 26.1 Å². The fourth-order valence-corrected chi connectivity index (χ4v) is 5.22. The van der Waals surface area contributed by atoms with Gasteiger partial charge in [0.15, 0.2) is 6.29 Å². The van der Waals surface area contributed by atoms with Crippen LogP contribution < -0.4 is 0 Å². The Bertz CT molecular complexity index is 401. The molecule has 2 aliphatic carbocycles. The van der Waals surface area contributed by atoms with Crippen molar-refractivity contribution in [2.75, 3.05) is 19.8 Å². The predicted octanol–water partition coefficient (Wildman–Crippen LogP) is 2.10. The molecule has 100 valence electrons. The molecule has 3 nitrogen and oxygen atoms in total. The molecule has 18 heavy (non-hydrogen) atoms. The summed E-state index contributed by atoms with van der Waals surface area (Å²) in [5.74, 6) is 1.03. The van der Waals surface area contributed by atoms with Gasteiger partial charge in [0, 0.05) is 17.9 Å². The molecule has 4 rings (SSSR count). The number of hydrogen-bond donors (Lipinski definition) is 1. The lowest BCUT2D eigenvalue weighted by Gasteiger charge is -2.55. The van der Waals surface area contributed by atoms with Crippen molar-refractivity contribution in [3.05, 3.63) is 11.6 Å². The molecule has 2 heterocycles. The molecule has 3 fully saturated rings. The van der Waals surface area contributed by atoms with Gasteiger partial charge < -0.3 is 14.6 Å². The summed E-state index contributed by atoms with van der Waals surface area (Å²) < 4.78 is 11.7. The highest BCUT2D eigenvalue weighted by atomic mass is 16.7. The summed E-state index contributed by atoms with van der Waals surface area (Å²) in [7, 11) is 0. The Kier molecular flexibility index (Phi) is 2.28. The van der Waals surface area contributed by atoms with E-state index in [1.54, 1.807) is 0 Å². The molecule has 2 saturated heterocycles. The highest BCUT2D eigenvalue weighted by molar-refractivity contribution is 5.26. The molecule has 4 aliphatic rings. The minimum Gasteiger partial charge on any atom is -0.396 e. The highest BCUT2D eigenvalue weighted by Gasteiger charge is 2.63. The van der Waals surface area contributed by atoms with Gasteiger partial charge >= 0.3 is 0 Å². The molecule has 1 spiro atoms. The van der Waals surface area contributed by atoms with Gasteiger partial charge in [0.1, 0.15) is 0 Å². The Morgan fingerprint density at radius 3 is 3.11 bits per heavy atom. The fourth-order valence-electron chi connectivity index (χ4n) is 5.22. The third-order valence-corrected chi connectivity index (χ3v) is 6.12. The summed E-state index contributed by atoms with van der Waals surface area (Å²) in [5.41, 5.74) is 1.79. The number of ether oxygens (including phenoxy) is 2. The van der Waals surface area contributed by atoms with Gasteiger partial charge in [-0.25, -0.2) is 0 Å². The summed E-state index contributed by atoms with van der Waals surface area (Å²) in [4.78, 5) is 0. The second kappa shape index (κ2) is 3.59. The standard InChI is InChI=1S/C15H22O3/c1-14(8-16)5-2-6-15-9-18-13-12(15)10(7-17-13)3-4-11(14)15/h3,11-13,16H,2,4-9H2,1H3/t11-,12+,13+,14+,15+/m0/s1. The van der Waals surface area contributed by atoms with Gasteiger partial charge in [-0.15, -0.1) is 0 Å². The molecule has 0 amide bonds. The molecule has 0 aromatic heterocycles. The number of rotatable bonds is 1. The van der Waals surface area contributed by atoms with Crippen molar-refractivity contribution in [1.29, 1.82) is 0 Å². The Morgan fingerprint density at radius 2 is 2.28 bits per heavy atom. The second-order valence-corrected chi connectivity index (χ2v) is 6.93. The molecular weight excluding hydrogens is 228 g/mol. The molecule has 3 heteroatoms. The van der Waals surface area contributed by atoms with E-state index in [9.17, 15) is 5.11 Å². The zero-order valence-electron chi connectivity index (χ0n) is 11.0. The van der Waals surface area contributed by atoms with Crippen LogP contribution in [0.3, 0.4) is 0 Å². The van der Waals surface area contributed by atoms with Crippen LogP contribution >= 0.6 is 0 Å². The maximum atomic E-state index is 9.86. The van der Waals surface area contributed by atoms with E-state index in [-0.39, 0.29) is 17.1 Å². The largest absolute Gasteiger partial charge is 0.396 e. The van der Waals surface area contributed by atoms with Crippen molar-refractivity contribution < 1.29 is 14.6 Å². The van der Waals surface area contributed by atoms with Gasteiger partial charge in [0.05, 0.1) is 13.2 Å². The fraction of sp³-hybridized carbons (Fsp3) is 0.867. The van der Waals surface area contributed by atoms with Gasteiger partial charge in [-0.1, -0.05) is 19.4 Å². The van der Waals surface area contributed by atoms with E-state index in [1.165, 1.54) is 18.4 Å². The molecular formula is C15H22O3. The average molecular weight is 250 g/mol. The topological polar surface area (TPSA) is 38.7 Å². The first-order valence-electron chi connectivity index (χ1n) is 7.23. The van der Waals surface area contributed by atoms with Crippen molar-refractivity contribution in [3.8, 4) is 0 Å². The zero-order chi connectivity index (χ0) is 12.4. The van der Waals surface area contributed by atoms with Crippen LogP contribution in [0.1, 0.15) is 32.6 Å². The summed E-state index contributed by atoms with van der Waals surface area (Å²) in [6, 6.07) is 0. The number of hydrogen-bond acceptors (Lipinski definition) is 3. The quantitative estimate of drug-likeness (QED) is 0.724. The van der Waals surface area contributed by atoms with Gasteiger partial charge in [0.25, 0.3) is 0 Å². The lowest BCUT2D eigenvalue weighted by Crippen LogP contribution is -2.52. The van der Waals surface area contributed by atoms with Crippen LogP contribution in [0.5, 0.6) is 0 Å². The summed E-state index contributed by atoms with van der Waals surface area (Å²) in [5, 5.41) is 9.86. The summed E-state index contributed by atoms with van der Waals surface area (Å²) in [6.07, 6.45) is 7.09. The second-order valence-electron chi connectivity index (χ2n) is 6.93. The summed E-state index contributed by atoms with van der Waals surface area (Å²) in [6.45, 7) is 4.17. The average Bonchev–Trinajstić information content (AvgIpc) is 2.96. The first kappa shape index (κ1) is 11.4. The van der Waals surface area contributed by atoms with E-state index in [0.29, 0.717) is 18.4 Å². The van der Waals surface area contributed by atoms with E-state index in [2.05, 4.69) is 13.0 Å². The van der Waals surface area contributed by atoms with Crippen LogP contribution in [0.15, 0.2) is 11.6 Å². The lowest BCUT2D eigenvalue weighted by molar-refractivity contribution is -0.0927. The van der Waals surface area contributed by atoms with Crippen LogP contribution in [0.4, 0.5) is 0 Å². The first-order valence-corrected chi connectivity index (χ1v) is 7.23. The van der Waals surface area contributed by atoms with Crippen molar-refractivity contribution in [2.24, 2.45) is 22.7 Å². The van der Waals surface area contributed by atoms with Crippen LogP contribution in [0.25, 0.3) is 0 Å². The number of aliphatic hydroxyl groups excluding tert-OH is 1. The molecule has 0 unspecified atom stereocenters. The maximum absolute atomic E-state index is 9.86. The van der Waals surface area contributed by atoms with E-state index >= 15 is 0 Å².